The van der Waals surface area contributed by atoms with E-state index in [2.05, 4.69) is 262 Å². The fourth-order valence-electron chi connectivity index (χ4n) is 17.2. The van der Waals surface area contributed by atoms with E-state index < -0.39 is 42.2 Å². The van der Waals surface area contributed by atoms with Crippen LogP contribution in [0.4, 0.5) is 51.7 Å². The Balaban J connectivity index is 0.824. The van der Waals surface area contributed by atoms with Crippen molar-refractivity contribution in [3.63, 3.8) is 0 Å². The van der Waals surface area contributed by atoms with Crippen molar-refractivity contribution < 1.29 is 27.0 Å². The van der Waals surface area contributed by atoms with Crippen molar-refractivity contribution in [2.75, 3.05) is 9.80 Å². The van der Waals surface area contributed by atoms with Crippen LogP contribution in [0.5, 0.6) is 23.0 Å². The van der Waals surface area contributed by atoms with Gasteiger partial charge in [0, 0.05) is 46.3 Å². The lowest BCUT2D eigenvalue weighted by atomic mass is 9.67. The molecule has 0 amide bonds. The molecule has 14 aromatic carbocycles. The molecular formula is C100H80F4N2O2Si. The Labute approximate surface area is 636 Å². The number of rotatable bonds is 16. The van der Waals surface area contributed by atoms with Gasteiger partial charge in [-0.05, 0) is 243 Å². The van der Waals surface area contributed by atoms with E-state index >= 15 is 17.6 Å². The van der Waals surface area contributed by atoms with Gasteiger partial charge < -0.3 is 19.3 Å². The van der Waals surface area contributed by atoms with Crippen LogP contribution in [0.3, 0.4) is 0 Å². The molecular weight excluding hydrogens is 1370 g/mol. The maximum absolute atomic E-state index is 16.3. The minimum Gasteiger partial charge on any atom is -0.457 e. The molecule has 2 unspecified atom stereocenters. The quantitative estimate of drug-likeness (QED) is 0.0711. The first-order valence-electron chi connectivity index (χ1n) is 37.1. The van der Waals surface area contributed by atoms with E-state index in [1.165, 1.54) is 45.8 Å². The van der Waals surface area contributed by atoms with Crippen molar-refractivity contribution >= 4 is 64.7 Å². The van der Waals surface area contributed by atoms with Crippen molar-refractivity contribution in [3.8, 4) is 56.4 Å². The van der Waals surface area contributed by atoms with Gasteiger partial charge in [0.15, 0.2) is 23.3 Å². The third kappa shape index (κ3) is 11.7. The van der Waals surface area contributed by atoms with Crippen LogP contribution >= 0.6 is 0 Å². The van der Waals surface area contributed by atoms with Crippen molar-refractivity contribution in [2.45, 2.75) is 76.3 Å². The molecule has 4 nitrogen and oxygen atoms in total. The summed E-state index contributed by atoms with van der Waals surface area (Å²) in [6, 6.07) is 102. The molecule has 1 aliphatic heterocycles. The third-order valence-corrected chi connectivity index (χ3v) is 26.3. The highest BCUT2D eigenvalue weighted by molar-refractivity contribution is 7.03. The molecule has 0 bridgehead atoms. The second-order valence-corrected chi connectivity index (χ2v) is 35.8. The number of hydrogen-bond donors (Lipinski definition) is 0. The molecule has 0 radical (unpaired) electrons. The highest BCUT2D eigenvalue weighted by atomic mass is 28.3. The van der Waals surface area contributed by atoms with Crippen LogP contribution in [0.15, 0.2) is 316 Å². The van der Waals surface area contributed by atoms with Crippen molar-refractivity contribution in [1.82, 2.24) is 0 Å². The molecule has 17 rings (SSSR count). The lowest BCUT2D eigenvalue weighted by Gasteiger charge is -2.35. The van der Waals surface area contributed by atoms with Crippen LogP contribution in [0, 0.1) is 23.3 Å². The van der Waals surface area contributed by atoms with Gasteiger partial charge in [0.1, 0.15) is 31.1 Å². The summed E-state index contributed by atoms with van der Waals surface area (Å²) in [7, 11) is -2.51. The fourth-order valence-corrected chi connectivity index (χ4v) is 20.2. The molecule has 109 heavy (non-hydrogen) atoms. The summed E-state index contributed by atoms with van der Waals surface area (Å²) in [4.78, 5) is 4.07. The Morgan fingerprint density at radius 1 is 0.303 bits per heavy atom. The molecule has 2 atom stereocenters. The van der Waals surface area contributed by atoms with E-state index in [-0.39, 0.29) is 10.8 Å². The number of fused-ring (bicyclic) bond motifs is 9. The topological polar surface area (TPSA) is 24.9 Å². The van der Waals surface area contributed by atoms with Crippen molar-refractivity contribution in [3.05, 3.63) is 407 Å². The van der Waals surface area contributed by atoms with Gasteiger partial charge in [-0.1, -0.05) is 250 Å². The first kappa shape index (κ1) is 69.7. The van der Waals surface area contributed by atoms with E-state index in [1.54, 1.807) is 12.1 Å². The lowest BCUT2D eigenvalue weighted by Crippen LogP contribution is -2.49. The minimum absolute atomic E-state index is 0.119. The summed E-state index contributed by atoms with van der Waals surface area (Å²) in [5, 5.41) is 2.38. The van der Waals surface area contributed by atoms with Gasteiger partial charge in [0.05, 0.1) is 10.8 Å². The number of nitrogens with zero attached hydrogens (tertiary/aromatic N) is 2. The number of ether oxygens (including phenoxy) is 2. The maximum atomic E-state index is 16.3. The zero-order valence-electron chi connectivity index (χ0n) is 62.2. The summed E-state index contributed by atoms with van der Waals surface area (Å²) in [6.45, 7) is 25.9. The van der Waals surface area contributed by atoms with E-state index in [4.69, 9.17) is 9.47 Å². The second-order valence-electron chi connectivity index (χ2n) is 31.5. The summed E-state index contributed by atoms with van der Waals surface area (Å²) >= 11 is 0. The van der Waals surface area contributed by atoms with Crippen LogP contribution in [0.25, 0.3) is 45.5 Å². The first-order valence-corrected chi connectivity index (χ1v) is 40.1. The van der Waals surface area contributed by atoms with Gasteiger partial charge in [0.25, 0.3) is 0 Å². The highest BCUT2D eigenvalue weighted by Gasteiger charge is 2.49. The van der Waals surface area contributed by atoms with Crippen LogP contribution in [0.1, 0.15) is 108 Å². The molecule has 534 valence electrons. The molecule has 9 heteroatoms. The van der Waals surface area contributed by atoms with Gasteiger partial charge >= 0.3 is 0 Å². The summed E-state index contributed by atoms with van der Waals surface area (Å²) in [5.41, 5.74) is 20.7. The lowest BCUT2D eigenvalue weighted by molar-refractivity contribution is 0.482. The van der Waals surface area contributed by atoms with E-state index in [0.717, 1.165) is 112 Å². The second kappa shape index (κ2) is 26.6. The van der Waals surface area contributed by atoms with Gasteiger partial charge in [-0.15, -0.1) is 0 Å². The molecule has 0 spiro atoms. The van der Waals surface area contributed by atoms with E-state index in [1.807, 2.05) is 94.7 Å². The summed E-state index contributed by atoms with van der Waals surface area (Å²) in [5.74, 6) is -1.11. The van der Waals surface area contributed by atoms with Crippen LogP contribution in [-0.4, -0.2) is 8.07 Å². The van der Waals surface area contributed by atoms with Gasteiger partial charge in [-0.2, -0.15) is 0 Å². The summed E-state index contributed by atoms with van der Waals surface area (Å²) in [6.07, 6.45) is 3.62. The third-order valence-electron chi connectivity index (χ3n) is 22.7. The van der Waals surface area contributed by atoms with E-state index in [0.29, 0.717) is 34.4 Å². The fraction of sp³-hybridized carbons (Fsp3) is 0.120. The first-order chi connectivity index (χ1) is 52.5. The maximum Gasteiger partial charge on any atom is 0.160 e. The van der Waals surface area contributed by atoms with Crippen molar-refractivity contribution in [1.29, 1.82) is 0 Å². The SMILES string of the molecule is C=Cc1ccc(Oc2ccc(C3(c4ccc(C(C)(C)C)cc4)c4ccccc4-c4ccc(N(c5ccc(F)c(F)c5)c5ccc6c(c5)-c5cc(N(c7ccc(F)c(F)c7)c7ccc8c(c7)C(c7ccc(Oc9ccc(C=C)cc9)cc7)(c7ccc(C(C)(C)C)cc7)c7ccccc7-8)ccc5[Si]6(C)C)cc43)cc2)cc1. The van der Waals surface area contributed by atoms with Gasteiger partial charge in [-0.25, -0.2) is 17.6 Å². The van der Waals surface area contributed by atoms with Gasteiger partial charge in [-0.3, -0.25) is 0 Å². The number of anilines is 6. The smallest absolute Gasteiger partial charge is 0.160 e. The van der Waals surface area contributed by atoms with Crippen LogP contribution in [0.2, 0.25) is 13.1 Å². The minimum atomic E-state index is -2.51. The Bertz CT molecular complexity index is 5570. The molecule has 0 saturated heterocycles. The van der Waals surface area contributed by atoms with Crippen molar-refractivity contribution in [2.24, 2.45) is 0 Å². The van der Waals surface area contributed by atoms with Crippen LogP contribution < -0.4 is 29.6 Å². The normalized spacial score (nSPS) is 15.6. The Hall–Kier alpha value is -12.3. The molecule has 0 fully saturated rings. The molecule has 1 heterocycles. The molecule has 0 N–H and O–H groups in total. The molecule has 2 aliphatic carbocycles. The molecule has 0 saturated carbocycles. The van der Waals surface area contributed by atoms with E-state index in [9.17, 15) is 0 Å². The Morgan fingerprint density at radius 3 is 0.936 bits per heavy atom. The number of halogens is 4. The molecule has 14 aromatic rings. The Kier molecular flexibility index (Phi) is 17.0. The van der Waals surface area contributed by atoms with Crippen LogP contribution in [-0.2, 0) is 21.7 Å². The van der Waals surface area contributed by atoms with Gasteiger partial charge in [0.2, 0.25) is 0 Å². The largest absolute Gasteiger partial charge is 0.457 e. The average Bonchev–Trinajstić information content (AvgIpc) is 1.56. The zero-order valence-corrected chi connectivity index (χ0v) is 63.2. The zero-order chi connectivity index (χ0) is 75.5. The number of benzene rings is 14. The Morgan fingerprint density at radius 2 is 0.596 bits per heavy atom. The molecule has 3 aliphatic rings. The molecule has 0 aromatic heterocycles. The predicted octanol–water partition coefficient (Wildman–Crippen LogP) is 26.2. The highest BCUT2D eigenvalue weighted by Crippen LogP contribution is 2.60. The average molecular weight is 1450 g/mol. The summed E-state index contributed by atoms with van der Waals surface area (Å²) < 4.78 is 76.5. The predicted molar refractivity (Wildman–Crippen MR) is 443 cm³/mol. The monoisotopic (exact) mass is 1440 g/mol. The number of hydrogen-bond acceptors (Lipinski definition) is 4. The standard InChI is InChI=1S/C100H80F4N2O2Si/c1-11-63-21-43-77(44-22-63)107-79-47-33-69(34-48-79)99(67-29-25-65(26-30-67)97(3,4)5)87-19-15-13-17-81(87)83-51-37-73(59-89(83)99)105(75-39-53-91(101)93(103)61-75)71-41-55-95-85(57-71)86-58-72(42-56-96(86)109(95,9)10)106(76-40-54-92(102)94(104)62-76)74-38-52-84-82-18-14-16-20-88(82)100(90(84)60-74,68-31-27-66(28-32-68)98(6,7)8)70-35-49-80(50-36-70)108-78-45-23-64(12-2)24-46-78/h11-62H,1-2H2,3-10H3.